The standard InChI is InChI=1S/C20H26N4O2/c1-20(2,3)18(12-24-9-8-21-13-24)22-19(25)17-10-14-6-7-15(26-5)11-16(14)23(17)4/h6-11,13,18H,12H2,1-5H3,(H,22,25). The van der Waals surface area contributed by atoms with Gasteiger partial charge in [-0.1, -0.05) is 20.8 Å². The average Bonchev–Trinajstić information content (AvgIpc) is 3.21. The summed E-state index contributed by atoms with van der Waals surface area (Å²) >= 11 is 0. The molecule has 26 heavy (non-hydrogen) atoms. The number of ether oxygens (including phenoxy) is 1. The molecule has 0 aliphatic rings. The van der Waals surface area contributed by atoms with E-state index in [9.17, 15) is 4.79 Å². The van der Waals surface area contributed by atoms with Crippen molar-refractivity contribution in [2.24, 2.45) is 12.5 Å². The van der Waals surface area contributed by atoms with Crippen molar-refractivity contribution in [3.63, 3.8) is 0 Å². The molecule has 0 aliphatic heterocycles. The highest BCUT2D eigenvalue weighted by atomic mass is 16.5. The minimum absolute atomic E-state index is 0.0308. The Kier molecular flexibility index (Phi) is 4.76. The van der Waals surface area contributed by atoms with Gasteiger partial charge < -0.3 is 19.2 Å². The first-order valence-electron chi connectivity index (χ1n) is 8.69. The Morgan fingerprint density at radius 3 is 2.69 bits per heavy atom. The zero-order valence-corrected chi connectivity index (χ0v) is 16.0. The van der Waals surface area contributed by atoms with Crippen molar-refractivity contribution in [1.82, 2.24) is 19.4 Å². The molecule has 0 radical (unpaired) electrons. The second kappa shape index (κ2) is 6.86. The lowest BCUT2D eigenvalue weighted by atomic mass is 9.86. The van der Waals surface area contributed by atoms with Crippen LogP contribution in [-0.2, 0) is 13.6 Å². The number of hydrogen-bond acceptors (Lipinski definition) is 3. The second-order valence-electron chi connectivity index (χ2n) is 7.66. The van der Waals surface area contributed by atoms with Gasteiger partial charge in [0.2, 0.25) is 0 Å². The Bertz CT molecular complexity index is 904. The molecule has 0 saturated carbocycles. The average molecular weight is 354 g/mol. The molecule has 0 bridgehead atoms. The van der Waals surface area contributed by atoms with Crippen molar-refractivity contribution in [3.05, 3.63) is 48.7 Å². The maximum absolute atomic E-state index is 13.0. The van der Waals surface area contributed by atoms with Crippen molar-refractivity contribution >= 4 is 16.8 Å². The SMILES string of the molecule is COc1ccc2cc(C(=O)NC(Cn3ccnc3)C(C)(C)C)n(C)c2c1. The van der Waals surface area contributed by atoms with Crippen molar-refractivity contribution in [3.8, 4) is 5.75 Å². The maximum Gasteiger partial charge on any atom is 0.268 e. The van der Waals surface area contributed by atoms with Crippen LogP contribution in [0.1, 0.15) is 31.3 Å². The van der Waals surface area contributed by atoms with Crippen LogP contribution in [0.3, 0.4) is 0 Å². The molecule has 1 N–H and O–H groups in total. The molecule has 0 fully saturated rings. The normalized spacial score (nSPS) is 13.0. The predicted octanol–water partition coefficient (Wildman–Crippen LogP) is 3.23. The second-order valence-corrected chi connectivity index (χ2v) is 7.66. The lowest BCUT2D eigenvalue weighted by Gasteiger charge is -2.31. The molecular formula is C20H26N4O2. The fourth-order valence-electron chi connectivity index (χ4n) is 3.03. The number of hydrogen-bond donors (Lipinski definition) is 1. The van der Waals surface area contributed by atoms with Gasteiger partial charge in [0.1, 0.15) is 11.4 Å². The minimum Gasteiger partial charge on any atom is -0.497 e. The fraction of sp³-hybridized carbons (Fsp3) is 0.400. The molecule has 3 rings (SSSR count). The molecule has 138 valence electrons. The van der Waals surface area contributed by atoms with Crippen LogP contribution in [-0.4, -0.2) is 33.2 Å². The van der Waals surface area contributed by atoms with Gasteiger partial charge in [0.15, 0.2) is 0 Å². The van der Waals surface area contributed by atoms with E-state index in [1.54, 1.807) is 19.6 Å². The summed E-state index contributed by atoms with van der Waals surface area (Å²) < 4.78 is 9.19. The molecule has 6 nitrogen and oxygen atoms in total. The number of rotatable bonds is 5. The highest BCUT2D eigenvalue weighted by Crippen LogP contribution is 2.25. The number of amides is 1. The summed E-state index contributed by atoms with van der Waals surface area (Å²) in [6.07, 6.45) is 5.43. The van der Waals surface area contributed by atoms with Gasteiger partial charge in [-0.25, -0.2) is 4.98 Å². The third kappa shape index (κ3) is 3.59. The van der Waals surface area contributed by atoms with Gasteiger partial charge in [0.25, 0.3) is 5.91 Å². The van der Waals surface area contributed by atoms with Crippen molar-refractivity contribution < 1.29 is 9.53 Å². The Balaban J connectivity index is 1.87. The highest BCUT2D eigenvalue weighted by Gasteiger charge is 2.28. The number of carbonyl (C=O) groups is 1. The molecule has 3 aromatic rings. The third-order valence-corrected chi connectivity index (χ3v) is 4.79. The van der Waals surface area contributed by atoms with Crippen molar-refractivity contribution in [1.29, 1.82) is 0 Å². The quantitative estimate of drug-likeness (QED) is 0.765. The van der Waals surface area contributed by atoms with Gasteiger partial charge in [0.05, 0.1) is 25.0 Å². The number of methoxy groups -OCH3 is 1. The van der Waals surface area contributed by atoms with E-state index < -0.39 is 0 Å². The van der Waals surface area contributed by atoms with Crippen LogP contribution < -0.4 is 10.1 Å². The van der Waals surface area contributed by atoms with Crippen LogP contribution in [0.15, 0.2) is 43.0 Å². The molecule has 1 amide bonds. The first kappa shape index (κ1) is 18.0. The van der Waals surface area contributed by atoms with E-state index in [2.05, 4.69) is 31.1 Å². The zero-order chi connectivity index (χ0) is 18.9. The number of imidazole rings is 1. The summed E-state index contributed by atoms with van der Waals surface area (Å²) in [7, 11) is 3.54. The van der Waals surface area contributed by atoms with Crippen molar-refractivity contribution in [2.75, 3.05) is 7.11 Å². The molecule has 0 aliphatic carbocycles. The van der Waals surface area contributed by atoms with Crippen LogP contribution in [0.5, 0.6) is 5.75 Å². The predicted molar refractivity (Wildman–Crippen MR) is 102 cm³/mol. The number of benzene rings is 1. The first-order valence-corrected chi connectivity index (χ1v) is 8.69. The fourth-order valence-corrected chi connectivity index (χ4v) is 3.03. The third-order valence-electron chi connectivity index (χ3n) is 4.79. The van der Waals surface area contributed by atoms with Crippen LogP contribution >= 0.6 is 0 Å². The van der Waals surface area contributed by atoms with E-state index in [-0.39, 0.29) is 17.4 Å². The molecule has 1 unspecified atom stereocenters. The van der Waals surface area contributed by atoms with Crippen molar-refractivity contribution in [2.45, 2.75) is 33.4 Å². The molecular weight excluding hydrogens is 328 g/mol. The van der Waals surface area contributed by atoms with Crippen LogP contribution in [0.4, 0.5) is 0 Å². The van der Waals surface area contributed by atoms with Gasteiger partial charge in [0, 0.05) is 37.4 Å². The number of nitrogens with zero attached hydrogens (tertiary/aromatic N) is 3. The Hall–Kier alpha value is -2.76. The largest absolute Gasteiger partial charge is 0.497 e. The van der Waals surface area contributed by atoms with Gasteiger partial charge >= 0.3 is 0 Å². The summed E-state index contributed by atoms with van der Waals surface area (Å²) in [4.78, 5) is 17.1. The van der Waals surface area contributed by atoms with Crippen LogP contribution in [0.2, 0.25) is 0 Å². The maximum atomic E-state index is 13.0. The monoisotopic (exact) mass is 354 g/mol. The Morgan fingerprint density at radius 2 is 2.08 bits per heavy atom. The van der Waals surface area contributed by atoms with E-state index in [1.807, 2.05) is 46.6 Å². The summed E-state index contributed by atoms with van der Waals surface area (Å²) in [6, 6.07) is 7.70. The van der Waals surface area contributed by atoms with E-state index in [1.165, 1.54) is 0 Å². The van der Waals surface area contributed by atoms with E-state index in [0.717, 1.165) is 16.7 Å². The van der Waals surface area contributed by atoms with E-state index in [4.69, 9.17) is 4.74 Å². The van der Waals surface area contributed by atoms with Gasteiger partial charge in [-0.15, -0.1) is 0 Å². The van der Waals surface area contributed by atoms with E-state index in [0.29, 0.717) is 12.2 Å². The Morgan fingerprint density at radius 1 is 1.31 bits per heavy atom. The van der Waals surface area contributed by atoms with E-state index >= 15 is 0 Å². The molecule has 1 aromatic carbocycles. The lowest BCUT2D eigenvalue weighted by Crippen LogP contribution is -2.46. The number of nitrogens with one attached hydrogen (secondary N) is 1. The summed E-state index contributed by atoms with van der Waals surface area (Å²) in [5, 5.41) is 4.22. The molecule has 6 heteroatoms. The molecule has 0 spiro atoms. The lowest BCUT2D eigenvalue weighted by molar-refractivity contribution is 0.0884. The molecule has 2 aromatic heterocycles. The van der Waals surface area contributed by atoms with Crippen LogP contribution in [0.25, 0.3) is 10.9 Å². The van der Waals surface area contributed by atoms with Crippen LogP contribution in [0, 0.1) is 5.41 Å². The Labute approximate surface area is 153 Å². The zero-order valence-electron chi connectivity index (χ0n) is 16.0. The van der Waals surface area contributed by atoms with Gasteiger partial charge in [-0.2, -0.15) is 0 Å². The summed E-state index contributed by atoms with van der Waals surface area (Å²) in [5.41, 5.74) is 1.51. The molecule has 0 saturated heterocycles. The highest BCUT2D eigenvalue weighted by molar-refractivity contribution is 5.99. The summed E-state index contributed by atoms with van der Waals surface area (Å²) in [5.74, 6) is 0.695. The van der Waals surface area contributed by atoms with Gasteiger partial charge in [-0.05, 0) is 23.6 Å². The smallest absolute Gasteiger partial charge is 0.268 e. The summed E-state index contributed by atoms with van der Waals surface area (Å²) in [6.45, 7) is 7.05. The molecule has 2 heterocycles. The number of aryl methyl sites for hydroxylation is 1. The minimum atomic E-state index is -0.0895. The number of carbonyl (C=O) groups excluding carboxylic acids is 1. The molecule has 1 atom stereocenters. The van der Waals surface area contributed by atoms with Gasteiger partial charge in [-0.3, -0.25) is 4.79 Å². The number of aromatic nitrogens is 3. The first-order chi connectivity index (χ1) is 12.3. The number of fused-ring (bicyclic) bond motifs is 1. The topological polar surface area (TPSA) is 61.1 Å².